The van der Waals surface area contributed by atoms with Gasteiger partial charge in [-0.05, 0) is 31.2 Å². The normalized spacial score (nSPS) is 11.7. The van der Waals surface area contributed by atoms with Gasteiger partial charge < -0.3 is 24.3 Å². The summed E-state index contributed by atoms with van der Waals surface area (Å²) in [5, 5.41) is 10.6. The number of nitrogens with one attached hydrogen (secondary N) is 1. The van der Waals surface area contributed by atoms with Gasteiger partial charge in [-0.15, -0.1) is 0 Å². The number of hydrogen-bond acceptors (Lipinski definition) is 8. The Labute approximate surface area is 178 Å². The molecule has 9 nitrogen and oxygen atoms in total. The van der Waals surface area contributed by atoms with E-state index in [0.29, 0.717) is 28.7 Å². The average molecular weight is 436 g/mol. The van der Waals surface area contributed by atoms with Gasteiger partial charge in [0.1, 0.15) is 39.4 Å². The third-order valence-corrected chi connectivity index (χ3v) is 4.43. The Morgan fingerprint density at radius 2 is 1.53 bits per heavy atom. The number of benzene rings is 2. The molecule has 160 valence electrons. The van der Waals surface area contributed by atoms with Crippen LogP contribution < -0.4 is 24.3 Å². The molecule has 10 heteroatoms. The van der Waals surface area contributed by atoms with Gasteiger partial charge in [-0.25, -0.2) is 0 Å². The molecule has 0 saturated carbocycles. The van der Waals surface area contributed by atoms with Crippen molar-refractivity contribution < 1.29 is 28.5 Å². The van der Waals surface area contributed by atoms with Gasteiger partial charge in [-0.1, -0.05) is 11.6 Å². The molecule has 0 radical (unpaired) electrons. The molecular formula is C20H22ClN3O6. The van der Waals surface area contributed by atoms with Crippen molar-refractivity contribution in [2.45, 2.75) is 13.0 Å². The number of azo groups is 1. The standard InChI is InChI=1S/C20H22ClN3O6/c1-11(25)18(24-23-13-10-12(27-2)6-7-14(13)28-3)20(26)22-19-16(30-5)9-8-15(29-4)17(19)21/h6-10,18H,1-5H3,(H,22,26). The summed E-state index contributed by atoms with van der Waals surface area (Å²) in [6.45, 7) is 1.23. The highest BCUT2D eigenvalue weighted by molar-refractivity contribution is 6.35. The minimum atomic E-state index is -1.42. The Kier molecular flexibility index (Phi) is 7.99. The molecule has 2 aromatic rings. The zero-order valence-corrected chi connectivity index (χ0v) is 17.9. The number of ether oxygens (including phenoxy) is 4. The summed E-state index contributed by atoms with van der Waals surface area (Å²) in [5.41, 5.74) is 0.455. The van der Waals surface area contributed by atoms with Crippen LogP contribution in [-0.4, -0.2) is 46.2 Å². The third kappa shape index (κ3) is 5.18. The van der Waals surface area contributed by atoms with E-state index < -0.39 is 17.7 Å². The monoisotopic (exact) mass is 435 g/mol. The lowest BCUT2D eigenvalue weighted by Gasteiger charge is -2.16. The van der Waals surface area contributed by atoms with Gasteiger partial charge in [0.05, 0.1) is 28.4 Å². The molecule has 0 aliphatic rings. The van der Waals surface area contributed by atoms with E-state index in [0.717, 1.165) is 0 Å². The molecule has 30 heavy (non-hydrogen) atoms. The van der Waals surface area contributed by atoms with Crippen LogP contribution in [0.4, 0.5) is 11.4 Å². The van der Waals surface area contributed by atoms with Gasteiger partial charge in [0.2, 0.25) is 6.04 Å². The number of Topliss-reactive ketones (excluding diaryl/α,β-unsaturated/α-hetero) is 1. The van der Waals surface area contributed by atoms with Crippen LogP contribution in [0.3, 0.4) is 0 Å². The fourth-order valence-corrected chi connectivity index (χ4v) is 2.77. The molecule has 1 N–H and O–H groups in total. The van der Waals surface area contributed by atoms with Gasteiger partial charge in [0.25, 0.3) is 5.91 Å². The maximum absolute atomic E-state index is 12.8. The van der Waals surface area contributed by atoms with E-state index >= 15 is 0 Å². The van der Waals surface area contributed by atoms with Crippen molar-refractivity contribution in [1.29, 1.82) is 0 Å². The minimum Gasteiger partial charge on any atom is -0.497 e. The topological polar surface area (TPSA) is 108 Å². The van der Waals surface area contributed by atoms with Crippen LogP contribution in [-0.2, 0) is 9.59 Å². The Bertz CT molecular complexity index is 964. The van der Waals surface area contributed by atoms with Gasteiger partial charge in [0, 0.05) is 6.07 Å². The predicted molar refractivity (Wildman–Crippen MR) is 112 cm³/mol. The molecule has 0 spiro atoms. The van der Waals surface area contributed by atoms with Crippen LogP contribution >= 0.6 is 11.6 Å². The van der Waals surface area contributed by atoms with E-state index in [1.165, 1.54) is 35.4 Å². The molecule has 0 aliphatic heterocycles. The SMILES string of the molecule is COc1ccc(OC)c(N=NC(C(C)=O)C(=O)Nc2c(OC)ccc(OC)c2Cl)c1. The van der Waals surface area contributed by atoms with Crippen LogP contribution in [0, 0.1) is 0 Å². The molecule has 0 saturated heterocycles. The van der Waals surface area contributed by atoms with Crippen LogP contribution in [0.5, 0.6) is 23.0 Å². The summed E-state index contributed by atoms with van der Waals surface area (Å²) >= 11 is 6.28. The zero-order chi connectivity index (χ0) is 22.3. The van der Waals surface area contributed by atoms with Gasteiger partial charge in [-0.3, -0.25) is 9.59 Å². The summed E-state index contributed by atoms with van der Waals surface area (Å²) in [5.74, 6) is 0.289. The lowest BCUT2D eigenvalue weighted by Crippen LogP contribution is -2.32. The largest absolute Gasteiger partial charge is 0.497 e. The second-order valence-electron chi connectivity index (χ2n) is 5.91. The molecule has 2 aromatic carbocycles. The van der Waals surface area contributed by atoms with Crippen molar-refractivity contribution in [2.75, 3.05) is 33.8 Å². The molecule has 0 aliphatic carbocycles. The molecule has 1 amide bonds. The summed E-state index contributed by atoms with van der Waals surface area (Å²) < 4.78 is 20.8. The Balaban J connectivity index is 2.35. The van der Waals surface area contributed by atoms with Crippen LogP contribution in [0.15, 0.2) is 40.6 Å². The van der Waals surface area contributed by atoms with E-state index in [2.05, 4.69) is 15.5 Å². The second-order valence-corrected chi connectivity index (χ2v) is 6.29. The first-order valence-electron chi connectivity index (χ1n) is 8.70. The average Bonchev–Trinajstić information content (AvgIpc) is 2.74. The molecule has 0 aromatic heterocycles. The van der Waals surface area contributed by atoms with E-state index in [4.69, 9.17) is 30.5 Å². The predicted octanol–water partition coefficient (Wildman–Crippen LogP) is 4.05. The van der Waals surface area contributed by atoms with Crippen molar-refractivity contribution in [3.8, 4) is 23.0 Å². The quantitative estimate of drug-likeness (QED) is 0.470. The highest BCUT2D eigenvalue weighted by Gasteiger charge is 2.26. The summed E-state index contributed by atoms with van der Waals surface area (Å²) in [4.78, 5) is 24.9. The smallest absolute Gasteiger partial charge is 0.258 e. The summed E-state index contributed by atoms with van der Waals surface area (Å²) in [6, 6.07) is 6.63. The first-order chi connectivity index (χ1) is 14.4. The third-order valence-electron chi connectivity index (χ3n) is 4.06. The molecule has 0 heterocycles. The number of nitrogens with zero attached hydrogens (tertiary/aromatic N) is 2. The molecule has 1 unspecified atom stereocenters. The number of hydrogen-bond donors (Lipinski definition) is 1. The first kappa shape index (κ1) is 23.0. The van der Waals surface area contributed by atoms with Gasteiger partial charge in [0.15, 0.2) is 5.78 Å². The first-order valence-corrected chi connectivity index (χ1v) is 9.08. The van der Waals surface area contributed by atoms with Crippen molar-refractivity contribution in [1.82, 2.24) is 0 Å². The lowest BCUT2D eigenvalue weighted by atomic mass is 10.2. The van der Waals surface area contributed by atoms with Crippen LogP contribution in [0.1, 0.15) is 6.92 Å². The molecule has 0 bridgehead atoms. The fourth-order valence-electron chi connectivity index (χ4n) is 2.49. The van der Waals surface area contributed by atoms with Gasteiger partial charge >= 0.3 is 0 Å². The van der Waals surface area contributed by atoms with Crippen LogP contribution in [0.25, 0.3) is 0 Å². The Morgan fingerprint density at radius 1 is 0.933 bits per heavy atom. The molecule has 0 fully saturated rings. The Hall–Kier alpha value is -3.33. The molecule has 2 rings (SSSR count). The van der Waals surface area contributed by atoms with Crippen molar-refractivity contribution >= 4 is 34.7 Å². The summed E-state index contributed by atoms with van der Waals surface area (Å²) in [6.07, 6.45) is 0. The highest BCUT2D eigenvalue weighted by Crippen LogP contribution is 2.39. The van der Waals surface area contributed by atoms with E-state index in [-0.39, 0.29) is 10.7 Å². The van der Waals surface area contributed by atoms with E-state index in [1.54, 1.807) is 30.3 Å². The van der Waals surface area contributed by atoms with E-state index in [9.17, 15) is 9.59 Å². The Morgan fingerprint density at radius 3 is 2.10 bits per heavy atom. The van der Waals surface area contributed by atoms with Crippen LogP contribution in [0.2, 0.25) is 5.02 Å². The number of carbonyl (C=O) groups excluding carboxylic acids is 2. The van der Waals surface area contributed by atoms with E-state index in [1.807, 2.05) is 0 Å². The number of anilines is 1. The number of carbonyl (C=O) groups is 2. The lowest BCUT2D eigenvalue weighted by molar-refractivity contribution is -0.126. The van der Waals surface area contributed by atoms with Crippen molar-refractivity contribution in [2.24, 2.45) is 10.2 Å². The highest BCUT2D eigenvalue weighted by atomic mass is 35.5. The fraction of sp³-hybridized carbons (Fsp3) is 0.300. The zero-order valence-electron chi connectivity index (χ0n) is 17.2. The second kappa shape index (κ2) is 10.4. The van der Waals surface area contributed by atoms with Crippen molar-refractivity contribution in [3.63, 3.8) is 0 Å². The number of halogens is 1. The maximum Gasteiger partial charge on any atom is 0.258 e. The molecule has 1 atom stereocenters. The molecular weight excluding hydrogens is 414 g/mol. The van der Waals surface area contributed by atoms with Gasteiger partial charge in [-0.2, -0.15) is 10.2 Å². The summed E-state index contributed by atoms with van der Waals surface area (Å²) in [7, 11) is 5.82. The van der Waals surface area contributed by atoms with Crippen molar-refractivity contribution in [3.05, 3.63) is 35.4 Å². The number of methoxy groups -OCH3 is 4. The minimum absolute atomic E-state index is 0.124. The number of rotatable bonds is 9. The number of ketones is 1. The number of amides is 1. The maximum atomic E-state index is 12.8.